The molecule has 4 rings (SSSR count). The number of nitrogens with zero attached hydrogens (tertiary/aromatic N) is 5. The van der Waals surface area contributed by atoms with Crippen molar-refractivity contribution in [2.75, 3.05) is 12.4 Å². The van der Waals surface area contributed by atoms with Gasteiger partial charge in [-0.1, -0.05) is 32.9 Å². The molecule has 1 amide bonds. The molecule has 0 spiro atoms. The Hall–Kier alpha value is -3.57. The van der Waals surface area contributed by atoms with Gasteiger partial charge in [-0.05, 0) is 24.1 Å². The Balaban J connectivity index is 1.42. The highest BCUT2D eigenvalue weighted by atomic mass is 32.1. The number of aryl methyl sites for hydroxylation is 1. The van der Waals surface area contributed by atoms with Crippen molar-refractivity contribution in [2.45, 2.75) is 39.7 Å². The van der Waals surface area contributed by atoms with Crippen LogP contribution in [0.15, 0.2) is 41.9 Å². The highest BCUT2D eigenvalue weighted by molar-refractivity contribution is 7.13. The summed E-state index contributed by atoms with van der Waals surface area (Å²) in [6, 6.07) is 7.91. The second kappa shape index (κ2) is 9.12. The van der Waals surface area contributed by atoms with Crippen LogP contribution in [0, 0.1) is 6.92 Å². The number of thiazole rings is 1. The summed E-state index contributed by atoms with van der Waals surface area (Å²) in [6.45, 7) is 8.73. The van der Waals surface area contributed by atoms with Crippen LogP contribution < -0.4 is 21.6 Å². The fraction of sp³-hybridized carbons (Fsp3) is 0.318. The van der Waals surface area contributed by atoms with E-state index in [-0.39, 0.29) is 11.3 Å². The standard InChI is InChI=1S/C22H27N9OS/c1-13-8-14(16-9-18(26-12-25-16)27-21-28-30-31(5)29-21)6-7-15(13)10-23-19(32)17-11-24-20(33-17)22(2,3)4/h6-9,11-12,30H,10H2,1-5H3,(H,23,32)(H2,25,26,27,28,29). The summed E-state index contributed by atoms with van der Waals surface area (Å²) in [7, 11) is 1.78. The number of benzene rings is 1. The van der Waals surface area contributed by atoms with Crippen molar-refractivity contribution >= 4 is 29.0 Å². The number of aromatic nitrogens is 3. The molecule has 1 aliphatic heterocycles. The average Bonchev–Trinajstić information content (AvgIpc) is 3.42. The zero-order valence-corrected chi connectivity index (χ0v) is 20.0. The fourth-order valence-corrected chi connectivity index (χ4v) is 4.03. The molecule has 0 fully saturated rings. The van der Waals surface area contributed by atoms with Crippen molar-refractivity contribution in [3.8, 4) is 11.3 Å². The molecule has 0 bridgehead atoms. The molecule has 1 aliphatic rings. The number of amides is 1. The number of hydrogen-bond acceptors (Lipinski definition) is 10. The number of hydrazine groups is 2. The van der Waals surface area contributed by atoms with Crippen LogP contribution >= 0.6 is 11.3 Å². The van der Waals surface area contributed by atoms with Gasteiger partial charge < -0.3 is 10.6 Å². The summed E-state index contributed by atoms with van der Waals surface area (Å²) in [5.41, 5.74) is 9.50. The molecule has 172 valence electrons. The second-order valence-corrected chi connectivity index (χ2v) is 9.76. The van der Waals surface area contributed by atoms with Gasteiger partial charge in [0.2, 0.25) is 5.96 Å². The number of hydrazone groups is 1. The van der Waals surface area contributed by atoms with E-state index in [9.17, 15) is 4.79 Å². The van der Waals surface area contributed by atoms with E-state index in [1.54, 1.807) is 18.4 Å². The summed E-state index contributed by atoms with van der Waals surface area (Å²) in [5, 5.41) is 12.8. The third kappa shape index (κ3) is 5.44. The van der Waals surface area contributed by atoms with Crippen LogP contribution in [-0.4, -0.2) is 39.0 Å². The maximum absolute atomic E-state index is 12.6. The quantitative estimate of drug-likeness (QED) is 0.454. The monoisotopic (exact) mass is 465 g/mol. The molecule has 1 aromatic carbocycles. The summed E-state index contributed by atoms with van der Waals surface area (Å²) < 4.78 is 0. The molecule has 0 atom stereocenters. The third-order valence-electron chi connectivity index (χ3n) is 4.95. The van der Waals surface area contributed by atoms with Gasteiger partial charge in [0.05, 0.1) is 16.9 Å². The number of rotatable bonds is 5. The SMILES string of the molecule is Cc1cc(-c2cc(NC3=NN(C)NN3)ncn2)ccc1CNC(=O)c1cnc(C(C)(C)C)s1. The maximum Gasteiger partial charge on any atom is 0.263 e. The lowest BCUT2D eigenvalue weighted by molar-refractivity contribution is 0.0954. The molecule has 3 aromatic rings. The molecule has 3 heterocycles. The fourth-order valence-electron chi connectivity index (χ4n) is 3.14. The summed E-state index contributed by atoms with van der Waals surface area (Å²) in [6.07, 6.45) is 3.16. The van der Waals surface area contributed by atoms with Crippen LogP contribution in [0.3, 0.4) is 0 Å². The van der Waals surface area contributed by atoms with Crippen molar-refractivity contribution in [1.82, 2.24) is 36.3 Å². The molecule has 2 aromatic heterocycles. The largest absolute Gasteiger partial charge is 0.347 e. The number of carbonyl (C=O) groups is 1. The lowest BCUT2D eigenvalue weighted by atomic mass is 9.98. The van der Waals surface area contributed by atoms with E-state index < -0.39 is 0 Å². The molecule has 0 aliphatic carbocycles. The smallest absolute Gasteiger partial charge is 0.263 e. The van der Waals surface area contributed by atoms with Gasteiger partial charge in [0.25, 0.3) is 5.91 Å². The minimum Gasteiger partial charge on any atom is -0.347 e. The Morgan fingerprint density at radius 1 is 1.18 bits per heavy atom. The average molecular weight is 466 g/mol. The van der Waals surface area contributed by atoms with Gasteiger partial charge in [-0.15, -0.1) is 22.0 Å². The zero-order chi connectivity index (χ0) is 23.6. The van der Waals surface area contributed by atoms with Crippen LogP contribution in [0.25, 0.3) is 11.3 Å². The van der Waals surface area contributed by atoms with Crippen LogP contribution in [0.5, 0.6) is 0 Å². The summed E-state index contributed by atoms with van der Waals surface area (Å²) in [4.78, 5) is 26.2. The van der Waals surface area contributed by atoms with Gasteiger partial charge in [-0.25, -0.2) is 20.1 Å². The lowest BCUT2D eigenvalue weighted by Crippen LogP contribution is -2.38. The first-order valence-corrected chi connectivity index (χ1v) is 11.3. The molecule has 10 nitrogen and oxygen atoms in total. The molecule has 11 heteroatoms. The van der Waals surface area contributed by atoms with Crippen molar-refractivity contribution in [3.63, 3.8) is 0 Å². The molecule has 0 radical (unpaired) electrons. The number of guanidine groups is 1. The minimum absolute atomic E-state index is 0.0691. The first kappa shape index (κ1) is 22.6. The predicted octanol–water partition coefficient (Wildman–Crippen LogP) is 2.77. The highest BCUT2D eigenvalue weighted by Crippen LogP contribution is 2.27. The maximum atomic E-state index is 12.6. The van der Waals surface area contributed by atoms with Crippen molar-refractivity contribution in [1.29, 1.82) is 0 Å². The Morgan fingerprint density at radius 3 is 2.67 bits per heavy atom. The third-order valence-corrected chi connectivity index (χ3v) is 6.37. The van der Waals surface area contributed by atoms with Gasteiger partial charge >= 0.3 is 0 Å². The predicted molar refractivity (Wildman–Crippen MR) is 129 cm³/mol. The minimum atomic E-state index is -0.110. The number of carbonyl (C=O) groups excluding carboxylic acids is 1. The summed E-state index contributed by atoms with van der Waals surface area (Å²) in [5.74, 6) is 1.05. The summed E-state index contributed by atoms with van der Waals surface area (Å²) >= 11 is 1.44. The van der Waals surface area contributed by atoms with E-state index in [0.717, 1.165) is 27.4 Å². The number of anilines is 1. The van der Waals surface area contributed by atoms with Gasteiger partial charge in [0.1, 0.15) is 17.0 Å². The Labute approximate surface area is 196 Å². The normalized spacial score (nSPS) is 13.5. The Kier molecular flexibility index (Phi) is 6.25. The lowest BCUT2D eigenvalue weighted by Gasteiger charge is -2.13. The Bertz CT molecular complexity index is 1200. The van der Waals surface area contributed by atoms with E-state index >= 15 is 0 Å². The number of hydrogen-bond donors (Lipinski definition) is 4. The first-order chi connectivity index (χ1) is 15.7. The molecule has 0 saturated carbocycles. The van der Waals surface area contributed by atoms with Gasteiger partial charge in [-0.3, -0.25) is 10.2 Å². The highest BCUT2D eigenvalue weighted by Gasteiger charge is 2.20. The van der Waals surface area contributed by atoms with Crippen LogP contribution in [0.2, 0.25) is 0 Å². The van der Waals surface area contributed by atoms with E-state index in [4.69, 9.17) is 0 Å². The van der Waals surface area contributed by atoms with Crippen molar-refractivity contribution in [2.24, 2.45) is 5.10 Å². The topological polar surface area (TPSA) is 119 Å². The first-order valence-electron chi connectivity index (χ1n) is 10.5. The van der Waals surface area contributed by atoms with E-state index in [0.29, 0.717) is 23.2 Å². The van der Waals surface area contributed by atoms with Gasteiger partial charge in [0, 0.05) is 30.6 Å². The second-order valence-electron chi connectivity index (χ2n) is 8.73. The zero-order valence-electron chi connectivity index (χ0n) is 19.2. The molecule has 33 heavy (non-hydrogen) atoms. The van der Waals surface area contributed by atoms with E-state index in [1.807, 2.05) is 25.1 Å². The van der Waals surface area contributed by atoms with Crippen LogP contribution in [0.1, 0.15) is 46.6 Å². The number of nitrogens with one attached hydrogen (secondary N) is 4. The molecular formula is C22H27N9OS. The van der Waals surface area contributed by atoms with E-state index in [1.165, 1.54) is 17.7 Å². The van der Waals surface area contributed by atoms with Crippen molar-refractivity contribution in [3.05, 3.63) is 57.8 Å². The van der Waals surface area contributed by atoms with Gasteiger partial charge in [0.15, 0.2) is 0 Å². The molecular weight excluding hydrogens is 438 g/mol. The van der Waals surface area contributed by atoms with Crippen LogP contribution in [0.4, 0.5) is 5.82 Å². The van der Waals surface area contributed by atoms with Crippen LogP contribution in [-0.2, 0) is 12.0 Å². The van der Waals surface area contributed by atoms with Crippen molar-refractivity contribution < 1.29 is 4.79 Å². The Morgan fingerprint density at radius 2 is 2.00 bits per heavy atom. The molecule has 4 N–H and O–H groups in total. The molecule has 0 saturated heterocycles. The van der Waals surface area contributed by atoms with Gasteiger partial charge in [-0.2, -0.15) is 0 Å². The van der Waals surface area contributed by atoms with E-state index in [2.05, 4.69) is 68.5 Å². The molecule has 0 unspecified atom stereocenters.